The van der Waals surface area contributed by atoms with Crippen molar-refractivity contribution in [3.8, 4) is 11.1 Å². The Kier molecular flexibility index (Phi) is 6.50. The van der Waals surface area contributed by atoms with Gasteiger partial charge in [0, 0.05) is 25.1 Å². The van der Waals surface area contributed by atoms with E-state index in [1.54, 1.807) is 36.5 Å². The third-order valence-corrected chi connectivity index (χ3v) is 5.01. The fourth-order valence-electron chi connectivity index (χ4n) is 3.66. The van der Waals surface area contributed by atoms with Gasteiger partial charge in [0.2, 0.25) is 12.4 Å². The van der Waals surface area contributed by atoms with Crippen LogP contribution in [0.25, 0.3) is 11.1 Å². The molecule has 0 aliphatic carbocycles. The van der Waals surface area contributed by atoms with Gasteiger partial charge in [-0.1, -0.05) is 24.3 Å². The van der Waals surface area contributed by atoms with E-state index in [9.17, 15) is 13.2 Å². The predicted molar refractivity (Wildman–Crippen MR) is 115 cm³/mol. The summed E-state index contributed by atoms with van der Waals surface area (Å²) < 4.78 is 45.2. The number of benzene rings is 1. The van der Waals surface area contributed by atoms with Crippen LogP contribution in [-0.4, -0.2) is 51.9 Å². The molecule has 3 aromatic rings. The van der Waals surface area contributed by atoms with Gasteiger partial charge in [0.05, 0.1) is 24.6 Å². The fraction of sp³-hybridized carbons (Fsp3) is 0.364. The van der Waals surface area contributed by atoms with Crippen molar-refractivity contribution >= 4 is 17.6 Å². The highest BCUT2D eigenvalue weighted by atomic mass is 19.3. The summed E-state index contributed by atoms with van der Waals surface area (Å²) in [7, 11) is 0. The standard InChI is InChI=1S/C22H23F3N6O/c1-13-11-31(12-14(2)32-13)22-26-10-18(23)21(29-22)28-20-8-17(9-27-30-20)16-5-3-15(4-6-16)7-19(24)25/h3-6,8-10,13-14,19H,7,11-12H2,1-2H3,(H,26,28,29,30)/t13-,14+. The summed E-state index contributed by atoms with van der Waals surface area (Å²) >= 11 is 0. The van der Waals surface area contributed by atoms with E-state index in [-0.39, 0.29) is 24.4 Å². The molecule has 0 unspecified atom stereocenters. The molecule has 1 fully saturated rings. The monoisotopic (exact) mass is 444 g/mol. The van der Waals surface area contributed by atoms with E-state index >= 15 is 0 Å². The summed E-state index contributed by atoms with van der Waals surface area (Å²) in [5, 5.41) is 10.8. The second-order valence-corrected chi connectivity index (χ2v) is 7.78. The quantitative estimate of drug-likeness (QED) is 0.610. The van der Waals surface area contributed by atoms with Crippen molar-refractivity contribution in [3.05, 3.63) is 54.1 Å². The summed E-state index contributed by atoms with van der Waals surface area (Å²) in [5.41, 5.74) is 2.03. The van der Waals surface area contributed by atoms with Crippen LogP contribution in [0.4, 0.5) is 30.8 Å². The molecule has 3 heterocycles. The SMILES string of the molecule is C[C@@H]1CN(c2ncc(F)c(Nc3cc(-c4ccc(CC(F)F)cc4)cnn3)n2)C[C@H](C)O1. The van der Waals surface area contributed by atoms with Gasteiger partial charge in [0.1, 0.15) is 0 Å². The zero-order chi connectivity index (χ0) is 22.7. The maximum absolute atomic E-state index is 14.4. The molecule has 1 N–H and O–H groups in total. The first kappa shape index (κ1) is 21.9. The first-order valence-electron chi connectivity index (χ1n) is 10.3. The van der Waals surface area contributed by atoms with Crippen molar-refractivity contribution in [1.29, 1.82) is 0 Å². The van der Waals surface area contributed by atoms with Crippen molar-refractivity contribution in [2.24, 2.45) is 0 Å². The predicted octanol–water partition coefficient (Wildman–Crippen LogP) is 4.24. The van der Waals surface area contributed by atoms with E-state index in [1.165, 1.54) is 0 Å². The average Bonchev–Trinajstić information content (AvgIpc) is 2.75. The number of morpholine rings is 1. The van der Waals surface area contributed by atoms with Crippen LogP contribution in [-0.2, 0) is 11.2 Å². The Balaban J connectivity index is 1.53. The lowest BCUT2D eigenvalue weighted by Gasteiger charge is -2.35. The number of alkyl halides is 2. The number of hydrogen-bond acceptors (Lipinski definition) is 7. The third-order valence-electron chi connectivity index (χ3n) is 5.01. The Hall–Kier alpha value is -3.27. The topological polar surface area (TPSA) is 76.1 Å². The van der Waals surface area contributed by atoms with E-state index in [1.807, 2.05) is 18.7 Å². The minimum atomic E-state index is -2.39. The Morgan fingerprint density at radius 3 is 2.50 bits per heavy atom. The second kappa shape index (κ2) is 9.47. The second-order valence-electron chi connectivity index (χ2n) is 7.78. The smallest absolute Gasteiger partial charge is 0.242 e. The number of halogens is 3. The highest BCUT2D eigenvalue weighted by Gasteiger charge is 2.25. The van der Waals surface area contributed by atoms with Gasteiger partial charge >= 0.3 is 0 Å². The van der Waals surface area contributed by atoms with Crippen molar-refractivity contribution in [1.82, 2.24) is 20.2 Å². The number of nitrogens with one attached hydrogen (secondary N) is 1. The summed E-state index contributed by atoms with van der Waals surface area (Å²) in [5.74, 6) is 0.0632. The minimum absolute atomic E-state index is 0.0124. The van der Waals surface area contributed by atoms with Gasteiger partial charge in [-0.3, -0.25) is 0 Å². The number of anilines is 3. The normalized spacial score (nSPS) is 18.8. The molecule has 1 aliphatic heterocycles. The lowest BCUT2D eigenvalue weighted by Crippen LogP contribution is -2.46. The molecule has 168 valence electrons. The summed E-state index contributed by atoms with van der Waals surface area (Å²) in [6.45, 7) is 5.14. The van der Waals surface area contributed by atoms with E-state index < -0.39 is 12.2 Å². The molecule has 1 aromatic carbocycles. The van der Waals surface area contributed by atoms with Gasteiger partial charge in [-0.15, -0.1) is 5.10 Å². The van der Waals surface area contributed by atoms with Gasteiger partial charge in [-0.05, 0) is 31.0 Å². The molecule has 1 aliphatic rings. The number of aromatic nitrogens is 4. The first-order valence-corrected chi connectivity index (χ1v) is 10.3. The van der Waals surface area contributed by atoms with Gasteiger partial charge in [-0.25, -0.2) is 18.2 Å². The van der Waals surface area contributed by atoms with Crippen LogP contribution >= 0.6 is 0 Å². The highest BCUT2D eigenvalue weighted by molar-refractivity contribution is 5.67. The number of nitrogens with zero attached hydrogens (tertiary/aromatic N) is 5. The molecule has 2 atom stereocenters. The van der Waals surface area contributed by atoms with Crippen molar-refractivity contribution < 1.29 is 17.9 Å². The zero-order valence-corrected chi connectivity index (χ0v) is 17.7. The molecular formula is C22H23F3N6O. The zero-order valence-electron chi connectivity index (χ0n) is 17.7. The molecule has 32 heavy (non-hydrogen) atoms. The molecule has 7 nitrogen and oxygen atoms in total. The van der Waals surface area contributed by atoms with E-state index in [2.05, 4.69) is 25.5 Å². The summed E-state index contributed by atoms with van der Waals surface area (Å²) in [4.78, 5) is 10.4. The average molecular weight is 444 g/mol. The van der Waals surface area contributed by atoms with E-state index in [0.29, 0.717) is 36.0 Å². The molecule has 4 rings (SSSR count). The van der Waals surface area contributed by atoms with Gasteiger partial charge in [0.15, 0.2) is 17.5 Å². The van der Waals surface area contributed by atoms with Crippen molar-refractivity contribution in [2.45, 2.75) is 38.9 Å². The van der Waals surface area contributed by atoms with Crippen LogP contribution in [0.5, 0.6) is 0 Å². The molecule has 2 aromatic heterocycles. The van der Waals surface area contributed by atoms with Crippen LogP contribution < -0.4 is 10.2 Å². The Morgan fingerprint density at radius 1 is 1.09 bits per heavy atom. The van der Waals surface area contributed by atoms with E-state index in [4.69, 9.17) is 4.74 Å². The van der Waals surface area contributed by atoms with Gasteiger partial charge in [-0.2, -0.15) is 10.1 Å². The number of rotatable bonds is 6. The molecule has 0 spiro atoms. The number of hydrogen-bond donors (Lipinski definition) is 1. The molecule has 10 heteroatoms. The maximum Gasteiger partial charge on any atom is 0.242 e. The summed E-state index contributed by atoms with van der Waals surface area (Å²) in [6, 6.07) is 8.46. The van der Waals surface area contributed by atoms with Crippen LogP contribution in [0.3, 0.4) is 0 Å². The Labute approximate surface area is 183 Å². The van der Waals surface area contributed by atoms with Crippen LogP contribution in [0.15, 0.2) is 42.7 Å². The molecule has 0 bridgehead atoms. The molecule has 0 saturated carbocycles. The van der Waals surface area contributed by atoms with Crippen molar-refractivity contribution in [2.75, 3.05) is 23.3 Å². The summed E-state index contributed by atoms with van der Waals surface area (Å²) in [6.07, 6.45) is 0.00487. The van der Waals surface area contributed by atoms with Crippen molar-refractivity contribution in [3.63, 3.8) is 0 Å². The minimum Gasteiger partial charge on any atom is -0.372 e. The van der Waals surface area contributed by atoms with Crippen LogP contribution in [0.2, 0.25) is 0 Å². The molecular weight excluding hydrogens is 421 g/mol. The molecule has 0 radical (unpaired) electrons. The lowest BCUT2D eigenvalue weighted by atomic mass is 10.0. The first-order chi connectivity index (χ1) is 15.4. The Bertz CT molecular complexity index is 1060. The highest BCUT2D eigenvalue weighted by Crippen LogP contribution is 2.25. The third kappa shape index (κ3) is 5.31. The molecule has 0 amide bonds. The lowest BCUT2D eigenvalue weighted by molar-refractivity contribution is -0.00572. The largest absolute Gasteiger partial charge is 0.372 e. The molecule has 1 saturated heterocycles. The Morgan fingerprint density at radius 2 is 1.81 bits per heavy atom. The maximum atomic E-state index is 14.4. The number of ether oxygens (including phenoxy) is 1. The van der Waals surface area contributed by atoms with Gasteiger partial charge < -0.3 is 15.0 Å². The van der Waals surface area contributed by atoms with Gasteiger partial charge in [0.25, 0.3) is 0 Å². The van der Waals surface area contributed by atoms with Crippen LogP contribution in [0, 0.1) is 5.82 Å². The van der Waals surface area contributed by atoms with E-state index in [0.717, 1.165) is 11.8 Å². The fourth-order valence-corrected chi connectivity index (χ4v) is 3.66. The van der Waals surface area contributed by atoms with Crippen LogP contribution in [0.1, 0.15) is 19.4 Å².